The molecule has 0 aromatic heterocycles. The predicted molar refractivity (Wildman–Crippen MR) is 83.8 cm³/mol. The fraction of sp³-hybridized carbons (Fsp3) is 0.529. The molecule has 1 amide bonds. The molecule has 2 unspecified atom stereocenters. The summed E-state index contributed by atoms with van der Waals surface area (Å²) in [5.41, 5.74) is 1.26. The van der Waals surface area contributed by atoms with E-state index in [1.54, 1.807) is 24.3 Å². The third-order valence-electron chi connectivity index (χ3n) is 4.03. The van der Waals surface area contributed by atoms with Gasteiger partial charge in [0.15, 0.2) is 0 Å². The average molecular weight is 305 g/mol. The van der Waals surface area contributed by atoms with Crippen molar-refractivity contribution in [3.05, 3.63) is 29.8 Å². The Hall–Kier alpha value is -1.88. The average Bonchev–Trinajstić information content (AvgIpc) is 2.46. The van der Waals surface area contributed by atoms with Crippen LogP contribution in [0.5, 0.6) is 0 Å². The first-order chi connectivity index (χ1) is 10.5. The summed E-state index contributed by atoms with van der Waals surface area (Å²) in [6.45, 7) is 2.20. The predicted octanol–water partition coefficient (Wildman–Crippen LogP) is 2.85. The van der Waals surface area contributed by atoms with Crippen molar-refractivity contribution in [2.24, 2.45) is 5.92 Å². The summed E-state index contributed by atoms with van der Waals surface area (Å²) >= 11 is 0. The lowest BCUT2D eigenvalue weighted by Gasteiger charge is -2.28. The van der Waals surface area contributed by atoms with Gasteiger partial charge < -0.3 is 15.2 Å². The van der Waals surface area contributed by atoms with Crippen LogP contribution in [0.3, 0.4) is 0 Å². The standard InChI is InChI=1S/C17H23NO4/c1-12-5-2-3-8-15(12)22-11-16(19)18-14-7-4-6-13(9-14)10-17(20)21/h4,6-7,9,12,15H,2-3,5,8,10-11H2,1H3,(H,18,19)(H,20,21). The first-order valence-electron chi connectivity index (χ1n) is 7.77. The number of rotatable bonds is 6. The number of nitrogens with one attached hydrogen (secondary N) is 1. The lowest BCUT2D eigenvalue weighted by atomic mass is 9.88. The minimum atomic E-state index is -0.891. The molecule has 2 atom stereocenters. The van der Waals surface area contributed by atoms with Crippen LogP contribution in [0.15, 0.2) is 24.3 Å². The fourth-order valence-electron chi connectivity index (χ4n) is 2.84. The summed E-state index contributed by atoms with van der Waals surface area (Å²) in [5, 5.41) is 11.5. The van der Waals surface area contributed by atoms with Gasteiger partial charge in [-0.1, -0.05) is 31.9 Å². The minimum Gasteiger partial charge on any atom is -0.481 e. The zero-order valence-corrected chi connectivity index (χ0v) is 12.9. The second-order valence-electron chi connectivity index (χ2n) is 5.93. The molecule has 1 aliphatic carbocycles. The molecule has 2 N–H and O–H groups in total. The summed E-state index contributed by atoms with van der Waals surface area (Å²) in [5.74, 6) is -0.594. The normalized spacial score (nSPS) is 21.3. The second-order valence-corrected chi connectivity index (χ2v) is 5.93. The van der Waals surface area contributed by atoms with Crippen LogP contribution in [-0.4, -0.2) is 29.7 Å². The van der Waals surface area contributed by atoms with Crippen molar-refractivity contribution in [3.8, 4) is 0 Å². The Kier molecular flexibility index (Phi) is 5.95. The van der Waals surface area contributed by atoms with Gasteiger partial charge in [-0.2, -0.15) is 0 Å². The SMILES string of the molecule is CC1CCCCC1OCC(=O)Nc1cccc(CC(=O)O)c1. The molecule has 0 spiro atoms. The van der Waals surface area contributed by atoms with Gasteiger partial charge in [-0.3, -0.25) is 9.59 Å². The number of ether oxygens (including phenoxy) is 1. The molecule has 22 heavy (non-hydrogen) atoms. The lowest BCUT2D eigenvalue weighted by Crippen LogP contribution is -2.29. The molecule has 1 aromatic carbocycles. The number of amides is 1. The van der Waals surface area contributed by atoms with E-state index in [1.165, 1.54) is 6.42 Å². The van der Waals surface area contributed by atoms with E-state index in [0.29, 0.717) is 17.2 Å². The topological polar surface area (TPSA) is 75.6 Å². The highest BCUT2D eigenvalue weighted by molar-refractivity contribution is 5.91. The van der Waals surface area contributed by atoms with Crippen LogP contribution in [0.4, 0.5) is 5.69 Å². The lowest BCUT2D eigenvalue weighted by molar-refractivity contribution is -0.136. The van der Waals surface area contributed by atoms with E-state index >= 15 is 0 Å². The fourth-order valence-corrected chi connectivity index (χ4v) is 2.84. The van der Waals surface area contributed by atoms with Gasteiger partial charge in [0.05, 0.1) is 12.5 Å². The van der Waals surface area contributed by atoms with E-state index in [2.05, 4.69) is 12.2 Å². The Morgan fingerprint density at radius 2 is 2.09 bits per heavy atom. The smallest absolute Gasteiger partial charge is 0.307 e. The molecule has 0 aliphatic heterocycles. The molecule has 0 radical (unpaired) electrons. The first-order valence-corrected chi connectivity index (χ1v) is 7.77. The van der Waals surface area contributed by atoms with E-state index < -0.39 is 5.97 Å². The monoisotopic (exact) mass is 305 g/mol. The van der Waals surface area contributed by atoms with Gasteiger partial charge in [0.1, 0.15) is 6.61 Å². The molecule has 120 valence electrons. The molecule has 1 aliphatic rings. The largest absolute Gasteiger partial charge is 0.481 e. The zero-order valence-electron chi connectivity index (χ0n) is 12.9. The number of aliphatic carboxylic acids is 1. The number of carboxylic acid groups (broad SMARTS) is 1. The molecule has 1 fully saturated rings. The van der Waals surface area contributed by atoms with Gasteiger partial charge in [-0.25, -0.2) is 0 Å². The Morgan fingerprint density at radius 1 is 1.32 bits per heavy atom. The van der Waals surface area contributed by atoms with Crippen LogP contribution >= 0.6 is 0 Å². The molecule has 0 heterocycles. The van der Waals surface area contributed by atoms with Gasteiger partial charge >= 0.3 is 5.97 Å². The maximum Gasteiger partial charge on any atom is 0.307 e. The maximum absolute atomic E-state index is 11.9. The quantitative estimate of drug-likeness (QED) is 0.847. The van der Waals surface area contributed by atoms with E-state index in [0.717, 1.165) is 19.3 Å². The van der Waals surface area contributed by atoms with Gasteiger partial charge in [-0.05, 0) is 36.5 Å². The molecule has 5 nitrogen and oxygen atoms in total. The highest BCUT2D eigenvalue weighted by Crippen LogP contribution is 2.26. The highest BCUT2D eigenvalue weighted by atomic mass is 16.5. The number of carbonyl (C=O) groups is 2. The number of anilines is 1. The Balaban J connectivity index is 1.82. The number of hydrogen-bond acceptors (Lipinski definition) is 3. The maximum atomic E-state index is 11.9. The summed E-state index contributed by atoms with van der Waals surface area (Å²) in [4.78, 5) is 22.6. The number of carboxylic acids is 1. The number of benzene rings is 1. The van der Waals surface area contributed by atoms with Gasteiger partial charge in [-0.15, -0.1) is 0 Å². The molecule has 1 aromatic rings. The Labute approximate surface area is 130 Å². The van der Waals surface area contributed by atoms with Crippen LogP contribution in [0.1, 0.15) is 38.2 Å². The van der Waals surface area contributed by atoms with Crippen LogP contribution in [0.25, 0.3) is 0 Å². The van der Waals surface area contributed by atoms with E-state index in [1.807, 2.05) is 0 Å². The third kappa shape index (κ3) is 5.15. The molecular formula is C17H23NO4. The highest BCUT2D eigenvalue weighted by Gasteiger charge is 2.22. The van der Waals surface area contributed by atoms with Crippen molar-refractivity contribution in [1.29, 1.82) is 0 Å². The third-order valence-corrected chi connectivity index (χ3v) is 4.03. The van der Waals surface area contributed by atoms with E-state index in [9.17, 15) is 9.59 Å². The van der Waals surface area contributed by atoms with Crippen LogP contribution in [0.2, 0.25) is 0 Å². The van der Waals surface area contributed by atoms with Crippen molar-refractivity contribution in [3.63, 3.8) is 0 Å². The number of hydrogen-bond donors (Lipinski definition) is 2. The molecular weight excluding hydrogens is 282 g/mol. The molecule has 0 saturated heterocycles. The van der Waals surface area contributed by atoms with Crippen LogP contribution in [0, 0.1) is 5.92 Å². The van der Waals surface area contributed by atoms with E-state index in [-0.39, 0.29) is 25.0 Å². The molecule has 1 saturated carbocycles. The van der Waals surface area contributed by atoms with E-state index in [4.69, 9.17) is 9.84 Å². The summed E-state index contributed by atoms with van der Waals surface area (Å²) in [6, 6.07) is 6.88. The zero-order chi connectivity index (χ0) is 15.9. The molecule has 0 bridgehead atoms. The van der Waals surface area contributed by atoms with Gasteiger partial charge in [0.25, 0.3) is 0 Å². The van der Waals surface area contributed by atoms with Crippen molar-refractivity contribution >= 4 is 17.6 Å². The molecule has 2 rings (SSSR count). The van der Waals surface area contributed by atoms with Gasteiger partial charge in [0, 0.05) is 5.69 Å². The summed E-state index contributed by atoms with van der Waals surface area (Å²) in [7, 11) is 0. The number of carbonyl (C=O) groups excluding carboxylic acids is 1. The van der Waals surface area contributed by atoms with Crippen molar-refractivity contribution in [2.45, 2.75) is 45.1 Å². The minimum absolute atomic E-state index is 0.0398. The Morgan fingerprint density at radius 3 is 2.82 bits per heavy atom. The first kappa shape index (κ1) is 16.5. The van der Waals surface area contributed by atoms with Crippen molar-refractivity contribution in [1.82, 2.24) is 0 Å². The van der Waals surface area contributed by atoms with Crippen molar-refractivity contribution in [2.75, 3.05) is 11.9 Å². The van der Waals surface area contributed by atoms with Crippen LogP contribution in [-0.2, 0) is 20.7 Å². The second kappa shape index (κ2) is 7.94. The van der Waals surface area contributed by atoms with Crippen molar-refractivity contribution < 1.29 is 19.4 Å². The summed E-state index contributed by atoms with van der Waals surface area (Å²) < 4.78 is 5.72. The summed E-state index contributed by atoms with van der Waals surface area (Å²) in [6.07, 6.45) is 4.68. The Bertz CT molecular complexity index is 529. The molecule has 5 heteroatoms. The van der Waals surface area contributed by atoms with Gasteiger partial charge in [0.2, 0.25) is 5.91 Å². The van der Waals surface area contributed by atoms with Crippen LogP contribution < -0.4 is 5.32 Å².